The highest BCUT2D eigenvalue weighted by atomic mass is 32.1. The number of aryl methyl sites for hydroxylation is 1. The monoisotopic (exact) mass is 302 g/mol. The summed E-state index contributed by atoms with van der Waals surface area (Å²) in [7, 11) is 1.67. The molecule has 21 heavy (non-hydrogen) atoms. The number of thiophene rings is 1. The Labute approximate surface area is 129 Å². The lowest BCUT2D eigenvalue weighted by Gasteiger charge is -2.00. The van der Waals surface area contributed by atoms with Crippen molar-refractivity contribution in [1.82, 2.24) is 0 Å². The third kappa shape index (κ3) is 3.08. The first kappa shape index (κ1) is 15.5. The third-order valence-corrected chi connectivity index (χ3v) is 4.57. The van der Waals surface area contributed by atoms with E-state index in [1.807, 2.05) is 38.1 Å². The molecule has 1 nitrogen and oxygen atoms in total. The smallest absolute Gasteiger partial charge is 0.123 e. The number of halogens is 1. The minimum atomic E-state index is -0.204. The molecule has 0 aliphatic carbocycles. The number of hydrogen-bond donors (Lipinski definition) is 0. The van der Waals surface area contributed by atoms with E-state index in [1.54, 1.807) is 18.4 Å². The molecule has 0 saturated heterocycles. The summed E-state index contributed by atoms with van der Waals surface area (Å²) in [4.78, 5) is 1.18. The van der Waals surface area contributed by atoms with E-state index in [2.05, 4.69) is 13.0 Å². The van der Waals surface area contributed by atoms with Crippen LogP contribution in [-0.4, -0.2) is 7.11 Å². The zero-order valence-electron chi connectivity index (χ0n) is 12.7. The van der Waals surface area contributed by atoms with Gasteiger partial charge in [-0.15, -0.1) is 11.3 Å². The molecular formula is C18H19FOS. The maximum Gasteiger partial charge on any atom is 0.123 e. The molecule has 1 aromatic heterocycles. The minimum Gasteiger partial charge on any atom is -0.497 e. The summed E-state index contributed by atoms with van der Waals surface area (Å²) >= 11 is 1.72. The van der Waals surface area contributed by atoms with Crippen molar-refractivity contribution in [3.63, 3.8) is 0 Å². The normalized spacial score (nSPS) is 10.1. The molecule has 0 unspecified atom stereocenters. The predicted molar refractivity (Wildman–Crippen MR) is 89.9 cm³/mol. The molecule has 0 radical (unpaired) electrons. The molecule has 3 aromatic rings. The molecular weight excluding hydrogens is 283 g/mol. The summed E-state index contributed by atoms with van der Waals surface area (Å²) in [5, 5.41) is 1.20. The summed E-state index contributed by atoms with van der Waals surface area (Å²) in [6.07, 6.45) is 0. The largest absolute Gasteiger partial charge is 0.497 e. The number of benzene rings is 2. The standard InChI is InChI=1S/C16H13FOS.C2H6/c1-10-14-9-13(18-2)7-8-15(14)19-16(10)11-3-5-12(17)6-4-11;1-2/h3-9H,1-2H3;1-2H3. The molecule has 3 rings (SSSR count). The van der Waals surface area contributed by atoms with Crippen molar-refractivity contribution < 1.29 is 9.13 Å². The van der Waals surface area contributed by atoms with Gasteiger partial charge in [0.05, 0.1) is 7.11 Å². The van der Waals surface area contributed by atoms with Gasteiger partial charge in [-0.3, -0.25) is 0 Å². The average molecular weight is 302 g/mol. The van der Waals surface area contributed by atoms with Crippen LogP contribution in [0.5, 0.6) is 5.75 Å². The first-order chi connectivity index (χ1) is 10.2. The van der Waals surface area contributed by atoms with E-state index in [0.717, 1.165) is 11.3 Å². The van der Waals surface area contributed by atoms with Crippen molar-refractivity contribution in [2.24, 2.45) is 0 Å². The Morgan fingerprint density at radius 3 is 2.29 bits per heavy atom. The molecule has 110 valence electrons. The van der Waals surface area contributed by atoms with Crippen LogP contribution < -0.4 is 4.74 Å². The Kier molecular flexibility index (Phi) is 4.97. The molecule has 0 amide bonds. The van der Waals surface area contributed by atoms with E-state index >= 15 is 0 Å². The molecule has 0 N–H and O–H groups in total. The number of fused-ring (bicyclic) bond motifs is 1. The van der Waals surface area contributed by atoms with Gasteiger partial charge < -0.3 is 4.74 Å². The van der Waals surface area contributed by atoms with Crippen LogP contribution in [0.15, 0.2) is 42.5 Å². The predicted octanol–water partition coefficient (Wildman–Crippen LogP) is 6.05. The summed E-state index contributed by atoms with van der Waals surface area (Å²) in [5.74, 6) is 0.656. The van der Waals surface area contributed by atoms with E-state index in [4.69, 9.17) is 4.74 Å². The summed E-state index contributed by atoms with van der Waals surface area (Å²) in [5.41, 5.74) is 2.27. The lowest BCUT2D eigenvalue weighted by Crippen LogP contribution is -1.81. The molecule has 0 atom stereocenters. The quantitative estimate of drug-likeness (QED) is 0.560. The van der Waals surface area contributed by atoms with Gasteiger partial charge in [-0.1, -0.05) is 26.0 Å². The van der Waals surface area contributed by atoms with Gasteiger partial charge in [0.1, 0.15) is 11.6 Å². The Morgan fingerprint density at radius 1 is 1.00 bits per heavy atom. The van der Waals surface area contributed by atoms with Gasteiger partial charge in [0, 0.05) is 9.58 Å². The fourth-order valence-corrected chi connectivity index (χ4v) is 3.40. The van der Waals surface area contributed by atoms with Gasteiger partial charge in [0.15, 0.2) is 0 Å². The van der Waals surface area contributed by atoms with E-state index in [1.165, 1.54) is 32.7 Å². The van der Waals surface area contributed by atoms with Gasteiger partial charge >= 0.3 is 0 Å². The highest BCUT2D eigenvalue weighted by Crippen LogP contribution is 2.39. The SMILES string of the molecule is CC.COc1ccc2sc(-c3ccc(F)cc3)c(C)c2c1. The topological polar surface area (TPSA) is 9.23 Å². The van der Waals surface area contributed by atoms with Gasteiger partial charge in [0.2, 0.25) is 0 Å². The van der Waals surface area contributed by atoms with Crippen molar-refractivity contribution in [3.8, 4) is 16.2 Å². The zero-order chi connectivity index (χ0) is 15.4. The van der Waals surface area contributed by atoms with Gasteiger partial charge in [0.25, 0.3) is 0 Å². The van der Waals surface area contributed by atoms with Crippen LogP contribution in [0, 0.1) is 12.7 Å². The van der Waals surface area contributed by atoms with E-state index < -0.39 is 0 Å². The summed E-state index contributed by atoms with van der Waals surface area (Å²) in [6.45, 7) is 6.09. The highest BCUT2D eigenvalue weighted by molar-refractivity contribution is 7.22. The minimum absolute atomic E-state index is 0.204. The van der Waals surface area contributed by atoms with Gasteiger partial charge in [-0.25, -0.2) is 4.39 Å². The number of methoxy groups -OCH3 is 1. The van der Waals surface area contributed by atoms with Crippen molar-refractivity contribution in [2.75, 3.05) is 7.11 Å². The molecule has 0 spiro atoms. The first-order valence-electron chi connectivity index (χ1n) is 7.02. The number of hydrogen-bond acceptors (Lipinski definition) is 2. The molecule has 0 aliphatic heterocycles. The molecule has 0 aliphatic rings. The van der Waals surface area contributed by atoms with Crippen LogP contribution in [0.2, 0.25) is 0 Å². The van der Waals surface area contributed by atoms with Gasteiger partial charge in [-0.2, -0.15) is 0 Å². The van der Waals surface area contributed by atoms with E-state index in [0.29, 0.717) is 0 Å². The second kappa shape index (κ2) is 6.72. The average Bonchev–Trinajstić information content (AvgIpc) is 2.86. The Morgan fingerprint density at radius 2 is 1.67 bits per heavy atom. The van der Waals surface area contributed by atoms with Crippen LogP contribution in [0.25, 0.3) is 20.5 Å². The third-order valence-electron chi connectivity index (χ3n) is 3.25. The molecule has 0 saturated carbocycles. The molecule has 0 fully saturated rings. The van der Waals surface area contributed by atoms with Crippen LogP contribution in [-0.2, 0) is 0 Å². The van der Waals surface area contributed by atoms with Crippen molar-refractivity contribution in [2.45, 2.75) is 20.8 Å². The van der Waals surface area contributed by atoms with Crippen molar-refractivity contribution in [1.29, 1.82) is 0 Å². The molecule has 2 aromatic carbocycles. The Balaban J connectivity index is 0.000000774. The second-order valence-electron chi connectivity index (χ2n) is 4.43. The van der Waals surface area contributed by atoms with Crippen LogP contribution in [0.4, 0.5) is 4.39 Å². The molecule has 3 heteroatoms. The molecule has 0 bridgehead atoms. The van der Waals surface area contributed by atoms with E-state index in [9.17, 15) is 4.39 Å². The lowest BCUT2D eigenvalue weighted by molar-refractivity contribution is 0.415. The first-order valence-corrected chi connectivity index (χ1v) is 7.84. The lowest BCUT2D eigenvalue weighted by atomic mass is 10.1. The Bertz CT molecular complexity index is 729. The van der Waals surface area contributed by atoms with Crippen LogP contribution in [0.3, 0.4) is 0 Å². The summed E-state index contributed by atoms with van der Waals surface area (Å²) in [6, 6.07) is 12.7. The maximum absolute atomic E-state index is 13.0. The zero-order valence-corrected chi connectivity index (χ0v) is 13.6. The Hall–Kier alpha value is -1.87. The highest BCUT2D eigenvalue weighted by Gasteiger charge is 2.11. The number of rotatable bonds is 2. The fourth-order valence-electron chi connectivity index (χ4n) is 2.20. The van der Waals surface area contributed by atoms with Crippen molar-refractivity contribution >= 4 is 21.4 Å². The molecule has 1 heterocycles. The van der Waals surface area contributed by atoms with E-state index in [-0.39, 0.29) is 5.82 Å². The van der Waals surface area contributed by atoms with Crippen LogP contribution in [0.1, 0.15) is 19.4 Å². The summed E-state index contributed by atoms with van der Waals surface area (Å²) < 4.78 is 19.5. The van der Waals surface area contributed by atoms with Crippen molar-refractivity contribution in [3.05, 3.63) is 53.8 Å². The fraction of sp³-hybridized carbons (Fsp3) is 0.222. The number of ether oxygens (including phenoxy) is 1. The van der Waals surface area contributed by atoms with Crippen LogP contribution >= 0.6 is 11.3 Å². The second-order valence-corrected chi connectivity index (χ2v) is 5.48. The maximum atomic E-state index is 13.0. The van der Waals surface area contributed by atoms with Gasteiger partial charge in [-0.05, 0) is 53.8 Å².